The van der Waals surface area contributed by atoms with Gasteiger partial charge in [0.1, 0.15) is 5.25 Å². The first-order valence-electron chi connectivity index (χ1n) is 9.09. The molecule has 0 radical (unpaired) electrons. The lowest BCUT2D eigenvalue weighted by molar-refractivity contribution is 0.0518. The molecule has 3 aromatic rings. The first-order valence-corrected chi connectivity index (χ1v) is 11.4. The van der Waals surface area contributed by atoms with Gasteiger partial charge in [-0.25, -0.2) is 13.2 Å². The fourth-order valence-electron chi connectivity index (χ4n) is 2.56. The summed E-state index contributed by atoms with van der Waals surface area (Å²) in [6.07, 6.45) is 4.20. The molecule has 0 amide bonds. The van der Waals surface area contributed by atoms with Gasteiger partial charge < -0.3 is 4.84 Å². The number of oxime groups is 1. The number of carbonyl (C=O) groups is 1. The molecule has 0 aromatic heterocycles. The molecule has 3 aromatic carbocycles. The molecule has 0 bridgehead atoms. The van der Waals surface area contributed by atoms with Crippen LogP contribution >= 0.6 is 23.2 Å². The number of rotatable bonds is 7. The summed E-state index contributed by atoms with van der Waals surface area (Å²) >= 11 is 11.7. The zero-order chi connectivity index (χ0) is 22.3. The summed E-state index contributed by atoms with van der Waals surface area (Å²) in [5.74, 6) is -0.734. The van der Waals surface area contributed by atoms with Crippen molar-refractivity contribution in [2.75, 3.05) is 0 Å². The van der Waals surface area contributed by atoms with E-state index >= 15 is 0 Å². The third-order valence-electron chi connectivity index (χ3n) is 4.20. The Bertz CT molecular complexity index is 1190. The second-order valence-electron chi connectivity index (χ2n) is 6.37. The van der Waals surface area contributed by atoms with Crippen molar-refractivity contribution in [3.63, 3.8) is 0 Å². The van der Waals surface area contributed by atoms with Crippen LogP contribution in [0.1, 0.15) is 15.9 Å². The Morgan fingerprint density at radius 3 is 2.06 bits per heavy atom. The number of nitrogens with zero attached hydrogens (tertiary/aromatic N) is 1. The number of benzene rings is 3. The van der Waals surface area contributed by atoms with Crippen molar-refractivity contribution in [2.45, 2.75) is 10.1 Å². The number of hydrogen-bond donors (Lipinski definition) is 0. The quantitative estimate of drug-likeness (QED) is 0.251. The van der Waals surface area contributed by atoms with Crippen LogP contribution in [0, 0.1) is 0 Å². The molecule has 0 unspecified atom stereocenters. The standard InChI is InChI=1S/C23H17Cl2NO4S/c24-19-9-7-18(8-10-19)23(27)30-26-16-22(13-6-17-4-2-1-3-5-17)31(28,29)21-14-11-20(25)12-15-21/h1-16,22H/b13-6+,26-16-/t22-/m0/s1. The number of halogens is 2. The smallest absolute Gasteiger partial charge is 0.313 e. The summed E-state index contributed by atoms with van der Waals surface area (Å²) in [6, 6.07) is 21.1. The lowest BCUT2D eigenvalue weighted by Crippen LogP contribution is -2.21. The van der Waals surface area contributed by atoms with Crippen molar-refractivity contribution in [1.29, 1.82) is 0 Å². The molecule has 158 valence electrons. The summed E-state index contributed by atoms with van der Waals surface area (Å²) in [6.45, 7) is 0. The first kappa shape index (κ1) is 22.7. The predicted octanol–water partition coefficient (Wildman–Crippen LogP) is 5.69. The van der Waals surface area contributed by atoms with E-state index in [0.29, 0.717) is 10.0 Å². The number of sulfone groups is 1. The second-order valence-corrected chi connectivity index (χ2v) is 9.35. The van der Waals surface area contributed by atoms with Crippen LogP contribution in [0.15, 0.2) is 95.0 Å². The maximum absolute atomic E-state index is 13.1. The molecule has 1 atom stereocenters. The topological polar surface area (TPSA) is 72.8 Å². The molecular formula is C23H17Cl2NO4S. The molecule has 0 N–H and O–H groups in total. The summed E-state index contributed by atoms with van der Waals surface area (Å²) in [5, 5.41) is 3.34. The molecular weight excluding hydrogens is 457 g/mol. The third kappa shape index (κ3) is 6.28. The highest BCUT2D eigenvalue weighted by atomic mass is 35.5. The van der Waals surface area contributed by atoms with E-state index in [-0.39, 0.29) is 10.5 Å². The van der Waals surface area contributed by atoms with Crippen LogP contribution in [0.25, 0.3) is 6.08 Å². The SMILES string of the molecule is O=C(O/N=C\[C@H](/C=C/c1ccccc1)S(=O)(=O)c1ccc(Cl)cc1)c1ccc(Cl)cc1. The van der Waals surface area contributed by atoms with Crippen molar-refractivity contribution in [3.05, 3.63) is 106 Å². The van der Waals surface area contributed by atoms with Crippen LogP contribution in [-0.4, -0.2) is 25.9 Å². The van der Waals surface area contributed by atoms with Crippen LogP contribution in [0.3, 0.4) is 0 Å². The van der Waals surface area contributed by atoms with E-state index in [9.17, 15) is 13.2 Å². The fourth-order valence-corrected chi connectivity index (χ4v) is 4.14. The first-order chi connectivity index (χ1) is 14.9. The molecule has 0 saturated carbocycles. The molecule has 0 aliphatic heterocycles. The fraction of sp³-hybridized carbons (Fsp3) is 0.0435. The Balaban J connectivity index is 1.85. The Labute approximate surface area is 190 Å². The van der Waals surface area contributed by atoms with E-state index in [2.05, 4.69) is 5.16 Å². The normalized spacial score (nSPS) is 12.8. The Morgan fingerprint density at radius 1 is 0.871 bits per heavy atom. The van der Waals surface area contributed by atoms with Crippen LogP contribution < -0.4 is 0 Å². The highest BCUT2D eigenvalue weighted by Crippen LogP contribution is 2.20. The van der Waals surface area contributed by atoms with E-state index < -0.39 is 21.1 Å². The minimum absolute atomic E-state index is 0.0649. The molecule has 3 rings (SSSR count). The lowest BCUT2D eigenvalue weighted by Gasteiger charge is -2.10. The number of carbonyl (C=O) groups excluding carboxylic acids is 1. The summed E-state index contributed by atoms with van der Waals surface area (Å²) < 4.78 is 26.2. The van der Waals surface area contributed by atoms with Crippen molar-refractivity contribution < 1.29 is 18.0 Å². The molecule has 31 heavy (non-hydrogen) atoms. The third-order valence-corrected chi connectivity index (χ3v) is 6.63. The van der Waals surface area contributed by atoms with Crippen molar-refractivity contribution in [1.82, 2.24) is 0 Å². The maximum atomic E-state index is 13.1. The van der Waals surface area contributed by atoms with Crippen LogP contribution in [0.5, 0.6) is 0 Å². The summed E-state index contributed by atoms with van der Waals surface area (Å²) in [7, 11) is -3.86. The van der Waals surface area contributed by atoms with Gasteiger partial charge in [-0.05, 0) is 54.1 Å². The molecule has 5 nitrogen and oxygen atoms in total. The van der Waals surface area contributed by atoms with Gasteiger partial charge in [0.05, 0.1) is 16.7 Å². The van der Waals surface area contributed by atoms with E-state index in [1.807, 2.05) is 30.3 Å². The van der Waals surface area contributed by atoms with Gasteiger partial charge in [0.2, 0.25) is 0 Å². The maximum Gasteiger partial charge on any atom is 0.365 e. The predicted molar refractivity (Wildman–Crippen MR) is 123 cm³/mol. The van der Waals surface area contributed by atoms with Crippen LogP contribution in [-0.2, 0) is 14.7 Å². The Morgan fingerprint density at radius 2 is 1.45 bits per heavy atom. The van der Waals surface area contributed by atoms with Gasteiger partial charge in [-0.3, -0.25) is 0 Å². The molecule has 0 aliphatic carbocycles. The highest BCUT2D eigenvalue weighted by molar-refractivity contribution is 7.93. The molecule has 8 heteroatoms. The van der Waals surface area contributed by atoms with Crippen molar-refractivity contribution >= 4 is 51.3 Å². The second kappa shape index (κ2) is 10.4. The van der Waals surface area contributed by atoms with Crippen LogP contribution in [0.4, 0.5) is 0 Å². The lowest BCUT2D eigenvalue weighted by atomic mass is 10.2. The van der Waals surface area contributed by atoms with E-state index in [1.54, 1.807) is 6.08 Å². The van der Waals surface area contributed by atoms with Crippen molar-refractivity contribution in [2.24, 2.45) is 5.16 Å². The van der Waals surface area contributed by atoms with Gasteiger partial charge in [-0.15, -0.1) is 0 Å². The minimum Gasteiger partial charge on any atom is -0.313 e. The average Bonchev–Trinajstić information content (AvgIpc) is 2.77. The van der Waals surface area contributed by atoms with Gasteiger partial charge in [-0.1, -0.05) is 70.8 Å². The Kier molecular flexibility index (Phi) is 7.63. The molecule has 0 aliphatic rings. The van der Waals surface area contributed by atoms with Gasteiger partial charge >= 0.3 is 5.97 Å². The van der Waals surface area contributed by atoms with Crippen LogP contribution in [0.2, 0.25) is 10.0 Å². The van der Waals surface area contributed by atoms with E-state index in [0.717, 1.165) is 11.8 Å². The molecule has 0 fully saturated rings. The highest BCUT2D eigenvalue weighted by Gasteiger charge is 2.24. The molecule has 0 heterocycles. The van der Waals surface area contributed by atoms with Gasteiger partial charge in [0.15, 0.2) is 9.84 Å². The minimum atomic E-state index is -3.86. The zero-order valence-corrected chi connectivity index (χ0v) is 18.4. The van der Waals surface area contributed by atoms with E-state index in [4.69, 9.17) is 28.0 Å². The largest absolute Gasteiger partial charge is 0.365 e. The summed E-state index contributed by atoms with van der Waals surface area (Å²) in [5.41, 5.74) is 1.05. The molecule has 0 spiro atoms. The monoisotopic (exact) mass is 473 g/mol. The van der Waals surface area contributed by atoms with Gasteiger partial charge in [-0.2, -0.15) is 0 Å². The van der Waals surface area contributed by atoms with E-state index in [1.165, 1.54) is 54.6 Å². The van der Waals surface area contributed by atoms with Gasteiger partial charge in [0.25, 0.3) is 0 Å². The number of hydrogen-bond acceptors (Lipinski definition) is 5. The van der Waals surface area contributed by atoms with Gasteiger partial charge in [0, 0.05) is 10.0 Å². The van der Waals surface area contributed by atoms with Crippen molar-refractivity contribution in [3.8, 4) is 0 Å². The molecule has 0 saturated heterocycles. The average molecular weight is 474 g/mol. The summed E-state index contributed by atoms with van der Waals surface area (Å²) in [4.78, 5) is 17.0. The Hall–Kier alpha value is -2.93. The zero-order valence-electron chi connectivity index (χ0n) is 16.1.